The van der Waals surface area contributed by atoms with Gasteiger partial charge in [0, 0.05) is 60.2 Å². The summed E-state index contributed by atoms with van der Waals surface area (Å²) in [7, 11) is 0. The van der Waals surface area contributed by atoms with Crippen molar-refractivity contribution in [1.82, 2.24) is 20.1 Å². The van der Waals surface area contributed by atoms with E-state index in [-0.39, 0.29) is 16.4 Å². The minimum atomic E-state index is -0.521. The summed E-state index contributed by atoms with van der Waals surface area (Å²) in [6.07, 6.45) is 4.84. The maximum Gasteiger partial charge on any atom is 0.246 e. The maximum absolute atomic E-state index is 16.4. The molecule has 1 saturated carbocycles. The Balaban J connectivity index is 1.53. The van der Waals surface area contributed by atoms with E-state index in [0.717, 1.165) is 40.6 Å². The normalized spacial score (nSPS) is 15.8. The van der Waals surface area contributed by atoms with E-state index in [1.165, 1.54) is 12.3 Å². The van der Waals surface area contributed by atoms with E-state index < -0.39 is 5.82 Å². The van der Waals surface area contributed by atoms with E-state index in [1.807, 2.05) is 24.0 Å². The molecule has 3 heterocycles. The number of fused-ring (bicyclic) bond motifs is 2. The third-order valence-corrected chi connectivity index (χ3v) is 7.71. The third kappa shape index (κ3) is 3.73. The molecule has 4 aromatic rings. The van der Waals surface area contributed by atoms with Gasteiger partial charge in [-0.15, -0.1) is 0 Å². The Bertz CT molecular complexity index is 1640. The molecule has 0 atom stereocenters. The number of carbonyl (C=O) groups is 1. The Morgan fingerprint density at radius 2 is 2.03 bits per heavy atom. The van der Waals surface area contributed by atoms with Gasteiger partial charge in [-0.05, 0) is 43.5 Å². The first-order chi connectivity index (χ1) is 17.9. The number of nitrogens with zero attached hydrogens (tertiary/aromatic N) is 5. The van der Waals surface area contributed by atoms with Crippen molar-refractivity contribution in [2.24, 2.45) is 0 Å². The van der Waals surface area contributed by atoms with Gasteiger partial charge in [-0.25, -0.2) is 4.39 Å². The first-order valence-corrected chi connectivity index (χ1v) is 12.7. The van der Waals surface area contributed by atoms with Crippen molar-refractivity contribution in [1.29, 1.82) is 5.26 Å². The van der Waals surface area contributed by atoms with Crippen LogP contribution in [0.3, 0.4) is 0 Å². The van der Waals surface area contributed by atoms with Crippen LogP contribution >= 0.6 is 11.6 Å². The molecule has 1 aliphatic heterocycles. The summed E-state index contributed by atoms with van der Waals surface area (Å²) in [5, 5.41) is 19.1. The Labute approximate surface area is 218 Å². The molecule has 2 aromatic carbocycles. The summed E-state index contributed by atoms with van der Waals surface area (Å²) in [5.41, 5.74) is 4.79. The van der Waals surface area contributed by atoms with Gasteiger partial charge in [0.1, 0.15) is 11.6 Å². The maximum atomic E-state index is 16.4. The largest absolute Gasteiger partial charge is 0.366 e. The zero-order chi connectivity index (χ0) is 25.8. The van der Waals surface area contributed by atoms with Crippen molar-refractivity contribution >= 4 is 45.0 Å². The lowest BCUT2D eigenvalue weighted by Crippen LogP contribution is -2.48. The van der Waals surface area contributed by atoms with Gasteiger partial charge >= 0.3 is 0 Å². The molecular formula is C28H24ClFN6O. The van der Waals surface area contributed by atoms with E-state index in [9.17, 15) is 10.1 Å². The molecule has 0 spiro atoms. The highest BCUT2D eigenvalue weighted by atomic mass is 35.5. The fourth-order valence-electron chi connectivity index (χ4n) is 5.40. The Morgan fingerprint density at radius 3 is 2.70 bits per heavy atom. The van der Waals surface area contributed by atoms with Crippen molar-refractivity contribution in [3.8, 4) is 17.2 Å². The number of hydrogen-bond acceptors (Lipinski definition) is 5. The molecule has 2 aromatic heterocycles. The fourth-order valence-corrected chi connectivity index (χ4v) is 5.69. The number of nitriles is 1. The van der Waals surface area contributed by atoms with E-state index in [4.69, 9.17) is 11.6 Å². The number of pyridine rings is 1. The second-order valence-corrected chi connectivity index (χ2v) is 10.1. The van der Waals surface area contributed by atoms with Crippen molar-refractivity contribution in [2.75, 3.05) is 31.1 Å². The molecule has 2 fully saturated rings. The van der Waals surface area contributed by atoms with Crippen LogP contribution in [-0.2, 0) is 4.79 Å². The summed E-state index contributed by atoms with van der Waals surface area (Å²) in [4.78, 5) is 20.1. The lowest BCUT2D eigenvalue weighted by molar-refractivity contribution is -0.126. The number of hydrogen-bond donors (Lipinski definition) is 1. The van der Waals surface area contributed by atoms with Gasteiger partial charge in [-0.1, -0.05) is 24.2 Å². The Morgan fingerprint density at radius 1 is 1.27 bits per heavy atom. The van der Waals surface area contributed by atoms with E-state index in [2.05, 4.69) is 27.8 Å². The number of aromatic amines is 1. The number of aryl methyl sites for hydroxylation is 1. The molecule has 1 amide bonds. The number of H-pyrrole nitrogens is 1. The van der Waals surface area contributed by atoms with Crippen molar-refractivity contribution in [3.63, 3.8) is 0 Å². The molecule has 186 valence electrons. The Hall–Kier alpha value is -3.96. The van der Waals surface area contributed by atoms with Crippen LogP contribution in [0.4, 0.5) is 10.1 Å². The van der Waals surface area contributed by atoms with E-state index >= 15 is 4.39 Å². The lowest BCUT2D eigenvalue weighted by atomic mass is 9.92. The number of carbonyl (C=O) groups excluding carboxylic acids is 1. The second-order valence-electron chi connectivity index (χ2n) is 9.66. The Kier molecular flexibility index (Phi) is 5.61. The number of anilines is 1. The summed E-state index contributed by atoms with van der Waals surface area (Å²) >= 11 is 6.86. The molecule has 6 rings (SSSR count). The predicted molar refractivity (Wildman–Crippen MR) is 142 cm³/mol. The van der Waals surface area contributed by atoms with Crippen molar-refractivity contribution < 1.29 is 9.18 Å². The number of benzene rings is 2. The van der Waals surface area contributed by atoms with Crippen LogP contribution < -0.4 is 4.90 Å². The molecule has 0 unspecified atom stereocenters. The molecule has 1 aliphatic carbocycles. The molecule has 1 saturated heterocycles. The van der Waals surface area contributed by atoms with Gasteiger partial charge in [0.2, 0.25) is 5.91 Å². The second kappa shape index (κ2) is 8.86. The van der Waals surface area contributed by atoms with Crippen molar-refractivity contribution in [2.45, 2.75) is 25.7 Å². The highest BCUT2D eigenvalue weighted by Gasteiger charge is 2.32. The first-order valence-electron chi connectivity index (χ1n) is 12.3. The molecule has 0 bridgehead atoms. The summed E-state index contributed by atoms with van der Waals surface area (Å²) in [6.45, 7) is 7.43. The minimum absolute atomic E-state index is 0.132. The van der Waals surface area contributed by atoms with Crippen LogP contribution in [0, 0.1) is 24.1 Å². The quantitative estimate of drug-likeness (QED) is 0.365. The molecule has 0 radical (unpaired) electrons. The zero-order valence-corrected chi connectivity index (χ0v) is 21.1. The number of piperazine rings is 1. The van der Waals surface area contributed by atoms with E-state index in [0.29, 0.717) is 54.3 Å². The van der Waals surface area contributed by atoms with Crippen LogP contribution in [0.25, 0.3) is 32.9 Å². The average Bonchev–Trinajstić information content (AvgIpc) is 3.67. The summed E-state index contributed by atoms with van der Waals surface area (Å²) in [5.74, 6) is -0.286. The first kappa shape index (κ1) is 23.4. The average molecular weight is 515 g/mol. The van der Waals surface area contributed by atoms with E-state index in [1.54, 1.807) is 11.0 Å². The lowest BCUT2D eigenvalue weighted by Gasteiger charge is -2.36. The van der Waals surface area contributed by atoms with Gasteiger partial charge in [-0.3, -0.25) is 14.9 Å². The molecule has 9 heteroatoms. The van der Waals surface area contributed by atoms with Gasteiger partial charge in [0.15, 0.2) is 5.82 Å². The standard InChI is InChI=1S/C28H24ClFN6O/c1-3-21(37)35-8-10-36(11-9-35)28-17(13-31)14-32-27-18(28)12-19(29)23(25(27)30)22-15(2)4-7-20-24(22)26(34-33-20)16-5-6-16/h3-4,7,12,14,16H,1,5-6,8-11H2,2H3,(H,33,34). The number of rotatable bonds is 4. The monoisotopic (exact) mass is 514 g/mol. The SMILES string of the molecule is C=CC(=O)N1CCN(c2c(C#N)cnc3c(F)c(-c4c(C)ccc5[nH]nc(C6CC6)c45)c(Cl)cc23)CC1. The number of amides is 1. The van der Waals surface area contributed by atoms with Crippen LogP contribution in [0.1, 0.15) is 35.6 Å². The van der Waals surface area contributed by atoms with Gasteiger partial charge in [-0.2, -0.15) is 10.4 Å². The topological polar surface area (TPSA) is 88.9 Å². The molecule has 2 aliphatic rings. The van der Waals surface area contributed by atoms with Gasteiger partial charge in [0.25, 0.3) is 0 Å². The van der Waals surface area contributed by atoms with Gasteiger partial charge < -0.3 is 9.80 Å². The van der Waals surface area contributed by atoms with Crippen molar-refractivity contribution in [3.05, 3.63) is 64.7 Å². The van der Waals surface area contributed by atoms with Crippen LogP contribution in [0.15, 0.2) is 37.1 Å². The third-order valence-electron chi connectivity index (χ3n) is 7.41. The van der Waals surface area contributed by atoms with Crippen LogP contribution in [0.5, 0.6) is 0 Å². The van der Waals surface area contributed by atoms with Gasteiger partial charge in [0.05, 0.1) is 27.5 Å². The highest BCUT2D eigenvalue weighted by molar-refractivity contribution is 6.35. The molecule has 37 heavy (non-hydrogen) atoms. The molecule has 1 N–H and O–H groups in total. The predicted octanol–water partition coefficient (Wildman–Crippen LogP) is 5.46. The number of nitrogens with one attached hydrogen (secondary N) is 1. The summed E-state index contributed by atoms with van der Waals surface area (Å²) in [6, 6.07) is 7.81. The number of halogens is 2. The summed E-state index contributed by atoms with van der Waals surface area (Å²) < 4.78 is 16.4. The number of aromatic nitrogens is 3. The smallest absolute Gasteiger partial charge is 0.246 e. The van der Waals surface area contributed by atoms with Crippen LogP contribution in [0.2, 0.25) is 5.02 Å². The molecular weight excluding hydrogens is 491 g/mol. The highest BCUT2D eigenvalue weighted by Crippen LogP contribution is 2.48. The fraction of sp³-hybridized carbons (Fsp3) is 0.286. The van der Waals surface area contributed by atoms with Crippen LogP contribution in [-0.4, -0.2) is 52.2 Å². The minimum Gasteiger partial charge on any atom is -0.366 e. The molecule has 7 nitrogen and oxygen atoms in total. The zero-order valence-electron chi connectivity index (χ0n) is 20.3.